The molecular weight excluding hydrogens is 240 g/mol. The number of hydrogen-bond donors (Lipinski definition) is 3. The van der Waals surface area contributed by atoms with Crippen molar-refractivity contribution in [2.24, 2.45) is 0 Å². The number of nitrogens with zero attached hydrogens (tertiary/aromatic N) is 1. The minimum Gasteiger partial charge on any atom is -0.399 e. The quantitative estimate of drug-likeness (QED) is 0.734. The van der Waals surface area contributed by atoms with Gasteiger partial charge in [-0.1, -0.05) is 0 Å². The third-order valence-corrected chi connectivity index (χ3v) is 3.49. The first kappa shape index (κ1) is 11.8. The number of aromatic amines is 1. The molecule has 1 saturated carbocycles. The van der Waals surface area contributed by atoms with E-state index in [1.165, 1.54) is 6.42 Å². The van der Waals surface area contributed by atoms with E-state index in [0.717, 1.165) is 24.0 Å². The number of rotatable bonds is 3. The standard InChI is InChI=1S/C14H16N4O/c15-12-5-9(11-7-16-17-8-11)4-10(6-12)14(19)18-13-2-1-3-13/h4-8,13H,1-3,15H2,(H,16,17)(H,18,19). The highest BCUT2D eigenvalue weighted by atomic mass is 16.1. The third kappa shape index (κ3) is 2.45. The van der Waals surface area contributed by atoms with E-state index >= 15 is 0 Å². The fourth-order valence-electron chi connectivity index (χ4n) is 2.18. The minimum atomic E-state index is -0.0539. The average Bonchev–Trinajstić information content (AvgIpc) is 2.86. The third-order valence-electron chi connectivity index (χ3n) is 3.49. The lowest BCUT2D eigenvalue weighted by molar-refractivity contribution is 0.0917. The van der Waals surface area contributed by atoms with Gasteiger partial charge in [0.25, 0.3) is 5.91 Å². The SMILES string of the molecule is Nc1cc(C(=O)NC2CCC2)cc(-c2cn[nH]c2)c1. The smallest absolute Gasteiger partial charge is 0.251 e. The first-order chi connectivity index (χ1) is 9.22. The van der Waals surface area contributed by atoms with Gasteiger partial charge in [-0.15, -0.1) is 0 Å². The van der Waals surface area contributed by atoms with E-state index in [1.807, 2.05) is 12.1 Å². The number of hydrogen-bond acceptors (Lipinski definition) is 3. The molecule has 0 bridgehead atoms. The molecule has 1 aromatic carbocycles. The highest BCUT2D eigenvalue weighted by molar-refractivity contribution is 5.96. The second kappa shape index (κ2) is 4.76. The maximum absolute atomic E-state index is 12.1. The molecule has 1 aromatic heterocycles. The predicted molar refractivity (Wildman–Crippen MR) is 73.5 cm³/mol. The van der Waals surface area contributed by atoms with Gasteiger partial charge in [0.2, 0.25) is 0 Å². The van der Waals surface area contributed by atoms with Crippen LogP contribution in [0.5, 0.6) is 0 Å². The summed E-state index contributed by atoms with van der Waals surface area (Å²) in [6.45, 7) is 0. The van der Waals surface area contributed by atoms with Crippen molar-refractivity contribution in [3.05, 3.63) is 36.2 Å². The fraction of sp³-hybridized carbons (Fsp3) is 0.286. The van der Waals surface area contributed by atoms with Crippen molar-refractivity contribution in [1.82, 2.24) is 15.5 Å². The number of amides is 1. The molecule has 1 heterocycles. The summed E-state index contributed by atoms with van der Waals surface area (Å²) in [6, 6.07) is 5.71. The highest BCUT2D eigenvalue weighted by Crippen LogP contribution is 2.23. The molecule has 19 heavy (non-hydrogen) atoms. The monoisotopic (exact) mass is 256 g/mol. The first-order valence-electron chi connectivity index (χ1n) is 6.43. The van der Waals surface area contributed by atoms with E-state index in [1.54, 1.807) is 18.5 Å². The van der Waals surface area contributed by atoms with Gasteiger partial charge in [-0.3, -0.25) is 9.89 Å². The Morgan fingerprint density at radius 3 is 2.79 bits per heavy atom. The second-order valence-electron chi connectivity index (χ2n) is 4.93. The van der Waals surface area contributed by atoms with Crippen LogP contribution >= 0.6 is 0 Å². The molecular formula is C14H16N4O. The molecule has 0 saturated heterocycles. The average molecular weight is 256 g/mol. The largest absolute Gasteiger partial charge is 0.399 e. The molecule has 0 radical (unpaired) electrons. The molecule has 0 unspecified atom stereocenters. The fourth-order valence-corrected chi connectivity index (χ4v) is 2.18. The van der Waals surface area contributed by atoms with E-state index < -0.39 is 0 Å². The van der Waals surface area contributed by atoms with Crippen molar-refractivity contribution in [3.63, 3.8) is 0 Å². The number of aromatic nitrogens is 2. The summed E-state index contributed by atoms with van der Waals surface area (Å²) in [5.41, 5.74) is 8.87. The van der Waals surface area contributed by atoms with Crippen LogP contribution in [0.15, 0.2) is 30.6 Å². The summed E-state index contributed by atoms with van der Waals surface area (Å²) in [7, 11) is 0. The highest BCUT2D eigenvalue weighted by Gasteiger charge is 2.20. The Bertz CT molecular complexity index is 587. The van der Waals surface area contributed by atoms with Crippen molar-refractivity contribution in [2.75, 3.05) is 5.73 Å². The van der Waals surface area contributed by atoms with E-state index in [0.29, 0.717) is 17.3 Å². The lowest BCUT2D eigenvalue weighted by Gasteiger charge is -2.26. The van der Waals surface area contributed by atoms with Gasteiger partial charge in [-0.05, 0) is 43.0 Å². The lowest BCUT2D eigenvalue weighted by atomic mass is 9.93. The maximum Gasteiger partial charge on any atom is 0.251 e. The van der Waals surface area contributed by atoms with Gasteiger partial charge >= 0.3 is 0 Å². The normalized spacial score (nSPS) is 14.9. The second-order valence-corrected chi connectivity index (χ2v) is 4.93. The van der Waals surface area contributed by atoms with Crippen molar-refractivity contribution in [3.8, 4) is 11.1 Å². The van der Waals surface area contributed by atoms with Crippen LogP contribution in [0, 0.1) is 0 Å². The molecule has 1 aliphatic carbocycles. The zero-order valence-corrected chi connectivity index (χ0v) is 10.5. The number of carbonyl (C=O) groups excluding carboxylic acids is 1. The number of carbonyl (C=O) groups is 1. The Hall–Kier alpha value is -2.30. The Morgan fingerprint density at radius 1 is 1.32 bits per heavy atom. The van der Waals surface area contributed by atoms with E-state index in [9.17, 15) is 4.79 Å². The molecule has 0 spiro atoms. The van der Waals surface area contributed by atoms with Crippen LogP contribution in [-0.4, -0.2) is 22.1 Å². The summed E-state index contributed by atoms with van der Waals surface area (Å²) in [6.07, 6.45) is 6.83. The zero-order chi connectivity index (χ0) is 13.2. The maximum atomic E-state index is 12.1. The molecule has 1 amide bonds. The summed E-state index contributed by atoms with van der Waals surface area (Å²) in [5, 5.41) is 9.68. The van der Waals surface area contributed by atoms with Gasteiger partial charge in [0.15, 0.2) is 0 Å². The van der Waals surface area contributed by atoms with Gasteiger partial charge in [0.1, 0.15) is 0 Å². The molecule has 2 aromatic rings. The van der Waals surface area contributed by atoms with Gasteiger partial charge < -0.3 is 11.1 Å². The number of anilines is 1. The summed E-state index contributed by atoms with van der Waals surface area (Å²) in [4.78, 5) is 12.1. The van der Waals surface area contributed by atoms with Crippen molar-refractivity contribution < 1.29 is 4.79 Å². The topological polar surface area (TPSA) is 83.8 Å². The van der Waals surface area contributed by atoms with Crippen LogP contribution < -0.4 is 11.1 Å². The Labute approximate surface area is 111 Å². The number of benzene rings is 1. The summed E-state index contributed by atoms with van der Waals surface area (Å²) >= 11 is 0. The van der Waals surface area contributed by atoms with E-state index in [2.05, 4.69) is 15.5 Å². The van der Waals surface area contributed by atoms with Crippen molar-refractivity contribution in [1.29, 1.82) is 0 Å². The van der Waals surface area contributed by atoms with E-state index in [4.69, 9.17) is 5.73 Å². The Balaban J connectivity index is 1.86. The molecule has 3 rings (SSSR count). The van der Waals surface area contributed by atoms with Crippen LogP contribution in [0.25, 0.3) is 11.1 Å². The Morgan fingerprint density at radius 2 is 2.16 bits per heavy atom. The lowest BCUT2D eigenvalue weighted by Crippen LogP contribution is -2.39. The van der Waals surface area contributed by atoms with Crippen molar-refractivity contribution in [2.45, 2.75) is 25.3 Å². The van der Waals surface area contributed by atoms with Crippen LogP contribution in [0.1, 0.15) is 29.6 Å². The molecule has 98 valence electrons. The minimum absolute atomic E-state index is 0.0539. The van der Waals surface area contributed by atoms with Crippen molar-refractivity contribution >= 4 is 11.6 Å². The number of nitrogens with one attached hydrogen (secondary N) is 2. The van der Waals surface area contributed by atoms with Gasteiger partial charge in [-0.2, -0.15) is 5.10 Å². The van der Waals surface area contributed by atoms with Crippen LogP contribution in [0.2, 0.25) is 0 Å². The Kier molecular flexibility index (Phi) is 2.95. The summed E-state index contributed by atoms with van der Waals surface area (Å²) in [5.74, 6) is -0.0539. The van der Waals surface area contributed by atoms with Crippen LogP contribution in [0.4, 0.5) is 5.69 Å². The molecule has 1 aliphatic rings. The predicted octanol–water partition coefficient (Wildman–Crippen LogP) is 1.94. The zero-order valence-electron chi connectivity index (χ0n) is 10.5. The molecule has 5 nitrogen and oxygen atoms in total. The van der Waals surface area contributed by atoms with Gasteiger partial charge in [0, 0.05) is 29.1 Å². The number of nitrogen functional groups attached to an aromatic ring is 1. The van der Waals surface area contributed by atoms with Gasteiger partial charge in [0.05, 0.1) is 6.20 Å². The molecule has 0 aliphatic heterocycles. The molecule has 1 fully saturated rings. The number of H-pyrrole nitrogens is 1. The molecule has 5 heteroatoms. The van der Waals surface area contributed by atoms with E-state index in [-0.39, 0.29) is 5.91 Å². The molecule has 0 atom stereocenters. The van der Waals surface area contributed by atoms with Crippen LogP contribution in [0.3, 0.4) is 0 Å². The van der Waals surface area contributed by atoms with Crippen LogP contribution in [-0.2, 0) is 0 Å². The molecule has 4 N–H and O–H groups in total. The first-order valence-corrected chi connectivity index (χ1v) is 6.43. The number of nitrogens with two attached hydrogens (primary N) is 1. The van der Waals surface area contributed by atoms with Gasteiger partial charge in [-0.25, -0.2) is 0 Å². The summed E-state index contributed by atoms with van der Waals surface area (Å²) < 4.78 is 0.